The van der Waals surface area contributed by atoms with Gasteiger partial charge in [-0.15, -0.1) is 11.3 Å². The predicted octanol–water partition coefficient (Wildman–Crippen LogP) is 1.26. The number of carbonyl (C=O) groups excluding carboxylic acids is 1. The van der Waals surface area contributed by atoms with E-state index in [2.05, 4.69) is 5.32 Å². The predicted molar refractivity (Wildman–Crippen MR) is 53.6 cm³/mol. The summed E-state index contributed by atoms with van der Waals surface area (Å²) in [6, 6.07) is 2.65. The Labute approximate surface area is 85.6 Å². The highest BCUT2D eigenvalue weighted by Gasteiger charge is 2.15. The third kappa shape index (κ3) is 2.56. The van der Waals surface area contributed by atoms with E-state index in [1.807, 2.05) is 13.0 Å². The summed E-state index contributed by atoms with van der Waals surface area (Å²) in [4.78, 5) is 23.4. The second kappa shape index (κ2) is 4.23. The molecule has 14 heavy (non-hydrogen) atoms. The molecule has 1 amide bonds. The standard InChI is InChI=1S/C9H11NO3S/c1-5-3-4-7(14-5)8(11)10-6(2)9(12)13/h3-4,6H,1-2H3,(H,10,11)(H,12,13)/t6-/m0/s1. The smallest absolute Gasteiger partial charge is 0.325 e. The van der Waals surface area contributed by atoms with Crippen molar-refractivity contribution in [1.29, 1.82) is 0 Å². The molecule has 0 unspecified atom stereocenters. The molecule has 1 aromatic rings. The first-order valence-electron chi connectivity index (χ1n) is 4.11. The monoisotopic (exact) mass is 213 g/mol. The van der Waals surface area contributed by atoms with E-state index in [9.17, 15) is 9.59 Å². The molecule has 0 spiro atoms. The first-order valence-corrected chi connectivity index (χ1v) is 4.92. The van der Waals surface area contributed by atoms with Gasteiger partial charge in [-0.25, -0.2) is 0 Å². The van der Waals surface area contributed by atoms with Crippen molar-refractivity contribution in [3.8, 4) is 0 Å². The number of thiophene rings is 1. The van der Waals surface area contributed by atoms with Gasteiger partial charge in [-0.3, -0.25) is 9.59 Å². The van der Waals surface area contributed by atoms with Gasteiger partial charge in [-0.2, -0.15) is 0 Å². The molecule has 0 saturated heterocycles. The maximum absolute atomic E-state index is 11.4. The van der Waals surface area contributed by atoms with Crippen molar-refractivity contribution in [2.75, 3.05) is 0 Å². The molecule has 2 N–H and O–H groups in total. The molecule has 0 fully saturated rings. The van der Waals surface area contributed by atoms with E-state index in [4.69, 9.17) is 5.11 Å². The highest BCUT2D eigenvalue weighted by atomic mass is 32.1. The second-order valence-corrected chi connectivity index (χ2v) is 4.23. The van der Waals surface area contributed by atoms with E-state index in [0.29, 0.717) is 4.88 Å². The van der Waals surface area contributed by atoms with Crippen LogP contribution < -0.4 is 5.32 Å². The molecule has 0 aromatic carbocycles. The van der Waals surface area contributed by atoms with Gasteiger partial charge in [0.05, 0.1) is 4.88 Å². The Hall–Kier alpha value is -1.36. The Morgan fingerprint density at radius 3 is 2.57 bits per heavy atom. The number of carbonyl (C=O) groups is 2. The Balaban J connectivity index is 2.63. The Morgan fingerprint density at radius 1 is 1.50 bits per heavy atom. The summed E-state index contributed by atoms with van der Waals surface area (Å²) in [5.41, 5.74) is 0. The van der Waals surface area contributed by atoms with Crippen LogP contribution in [0.3, 0.4) is 0 Å². The molecule has 0 aliphatic carbocycles. The average molecular weight is 213 g/mol. The highest BCUT2D eigenvalue weighted by Crippen LogP contribution is 2.14. The number of amides is 1. The number of aliphatic carboxylic acids is 1. The Bertz CT molecular complexity index is 359. The fraction of sp³-hybridized carbons (Fsp3) is 0.333. The van der Waals surface area contributed by atoms with E-state index in [1.54, 1.807) is 6.07 Å². The van der Waals surface area contributed by atoms with Gasteiger partial charge < -0.3 is 10.4 Å². The number of rotatable bonds is 3. The lowest BCUT2D eigenvalue weighted by Crippen LogP contribution is -2.37. The number of hydrogen-bond acceptors (Lipinski definition) is 3. The molecular formula is C9H11NO3S. The molecule has 0 saturated carbocycles. The molecule has 5 heteroatoms. The zero-order valence-electron chi connectivity index (χ0n) is 7.90. The summed E-state index contributed by atoms with van der Waals surface area (Å²) in [6.07, 6.45) is 0. The van der Waals surface area contributed by atoms with Crippen LogP contribution >= 0.6 is 11.3 Å². The van der Waals surface area contributed by atoms with Crippen LogP contribution in [0.1, 0.15) is 21.5 Å². The number of carboxylic acids is 1. The zero-order chi connectivity index (χ0) is 10.7. The maximum atomic E-state index is 11.4. The lowest BCUT2D eigenvalue weighted by molar-refractivity contribution is -0.138. The minimum atomic E-state index is -1.04. The average Bonchev–Trinajstić information content (AvgIpc) is 2.51. The van der Waals surface area contributed by atoms with Gasteiger partial charge >= 0.3 is 5.97 Å². The number of aryl methyl sites for hydroxylation is 1. The van der Waals surface area contributed by atoms with Crippen LogP contribution in [0, 0.1) is 6.92 Å². The summed E-state index contributed by atoms with van der Waals surface area (Å²) in [5.74, 6) is -1.37. The maximum Gasteiger partial charge on any atom is 0.325 e. The third-order valence-electron chi connectivity index (χ3n) is 1.68. The van der Waals surface area contributed by atoms with Gasteiger partial charge in [0.15, 0.2) is 0 Å². The van der Waals surface area contributed by atoms with Crippen molar-refractivity contribution < 1.29 is 14.7 Å². The molecule has 1 rings (SSSR count). The third-order valence-corrected chi connectivity index (χ3v) is 2.68. The lowest BCUT2D eigenvalue weighted by atomic mass is 10.3. The van der Waals surface area contributed by atoms with Gasteiger partial charge in [0.1, 0.15) is 6.04 Å². The summed E-state index contributed by atoms with van der Waals surface area (Å²) in [7, 11) is 0. The first kappa shape index (κ1) is 10.7. The van der Waals surface area contributed by atoms with Crippen molar-refractivity contribution in [3.63, 3.8) is 0 Å². The van der Waals surface area contributed by atoms with Crippen LogP contribution in [-0.4, -0.2) is 23.0 Å². The van der Waals surface area contributed by atoms with Gasteiger partial charge in [0, 0.05) is 4.88 Å². The topological polar surface area (TPSA) is 66.4 Å². The van der Waals surface area contributed by atoms with Crippen LogP contribution in [0.15, 0.2) is 12.1 Å². The molecule has 1 aromatic heterocycles. The van der Waals surface area contributed by atoms with E-state index < -0.39 is 12.0 Å². The Kier molecular flexibility index (Phi) is 3.24. The van der Waals surface area contributed by atoms with Crippen LogP contribution in [0.25, 0.3) is 0 Å². The SMILES string of the molecule is Cc1ccc(C(=O)N[C@@H](C)C(=O)O)s1. The van der Waals surface area contributed by atoms with Crippen molar-refractivity contribution >= 4 is 23.2 Å². The van der Waals surface area contributed by atoms with E-state index in [1.165, 1.54) is 18.3 Å². The van der Waals surface area contributed by atoms with Gasteiger partial charge in [-0.05, 0) is 26.0 Å². The fourth-order valence-electron chi connectivity index (χ4n) is 0.886. The summed E-state index contributed by atoms with van der Waals surface area (Å²) < 4.78 is 0. The minimum absolute atomic E-state index is 0.335. The number of nitrogens with one attached hydrogen (secondary N) is 1. The largest absolute Gasteiger partial charge is 0.480 e. The summed E-state index contributed by atoms with van der Waals surface area (Å²) in [6.45, 7) is 3.32. The van der Waals surface area contributed by atoms with Gasteiger partial charge in [0.2, 0.25) is 0 Å². The van der Waals surface area contributed by atoms with Crippen molar-refractivity contribution in [1.82, 2.24) is 5.32 Å². The van der Waals surface area contributed by atoms with Crippen LogP contribution in [0.5, 0.6) is 0 Å². The number of hydrogen-bond donors (Lipinski definition) is 2. The van der Waals surface area contributed by atoms with E-state index >= 15 is 0 Å². The van der Waals surface area contributed by atoms with Crippen LogP contribution in [0.2, 0.25) is 0 Å². The number of carboxylic acid groups (broad SMARTS) is 1. The Morgan fingerprint density at radius 2 is 2.14 bits per heavy atom. The van der Waals surface area contributed by atoms with E-state index in [-0.39, 0.29) is 5.91 Å². The quantitative estimate of drug-likeness (QED) is 0.794. The van der Waals surface area contributed by atoms with Crippen molar-refractivity contribution in [2.45, 2.75) is 19.9 Å². The molecule has 1 heterocycles. The molecule has 0 aliphatic heterocycles. The fourth-order valence-corrected chi connectivity index (χ4v) is 1.66. The molecule has 0 aliphatic rings. The normalized spacial score (nSPS) is 12.1. The van der Waals surface area contributed by atoms with Gasteiger partial charge in [-0.1, -0.05) is 0 Å². The molecule has 0 bridgehead atoms. The van der Waals surface area contributed by atoms with Gasteiger partial charge in [0.25, 0.3) is 5.91 Å². The second-order valence-electron chi connectivity index (χ2n) is 2.94. The minimum Gasteiger partial charge on any atom is -0.480 e. The van der Waals surface area contributed by atoms with Crippen molar-refractivity contribution in [3.05, 3.63) is 21.9 Å². The lowest BCUT2D eigenvalue weighted by Gasteiger charge is -2.07. The molecular weight excluding hydrogens is 202 g/mol. The molecule has 4 nitrogen and oxygen atoms in total. The zero-order valence-corrected chi connectivity index (χ0v) is 8.72. The van der Waals surface area contributed by atoms with Crippen LogP contribution in [0.4, 0.5) is 0 Å². The van der Waals surface area contributed by atoms with Crippen LogP contribution in [-0.2, 0) is 4.79 Å². The molecule has 0 radical (unpaired) electrons. The summed E-state index contributed by atoms with van der Waals surface area (Å²) in [5, 5.41) is 11.0. The first-order chi connectivity index (χ1) is 6.50. The summed E-state index contributed by atoms with van der Waals surface area (Å²) >= 11 is 1.34. The van der Waals surface area contributed by atoms with E-state index in [0.717, 1.165) is 4.88 Å². The van der Waals surface area contributed by atoms with Crippen molar-refractivity contribution in [2.24, 2.45) is 0 Å². The molecule has 1 atom stereocenters. The molecule has 76 valence electrons. The highest BCUT2D eigenvalue weighted by molar-refractivity contribution is 7.13.